The van der Waals surface area contributed by atoms with Gasteiger partial charge in [-0.2, -0.15) is 0 Å². The Balaban J connectivity index is 2.02. The highest BCUT2D eigenvalue weighted by atomic mass is 32.2. The van der Waals surface area contributed by atoms with Crippen LogP contribution in [0, 0.1) is 0 Å². The molecule has 0 aliphatic heterocycles. The van der Waals surface area contributed by atoms with Gasteiger partial charge < -0.3 is 0 Å². The van der Waals surface area contributed by atoms with Crippen LogP contribution in [-0.2, 0) is 21.9 Å². The maximum atomic E-state index is 12.3. The molecular formula is C19H25NO2S. The lowest BCUT2D eigenvalue weighted by Gasteiger charge is -2.23. The zero-order chi connectivity index (χ0) is 16.9. The lowest BCUT2D eigenvalue weighted by atomic mass is 9.82. The van der Waals surface area contributed by atoms with Crippen LogP contribution >= 0.6 is 0 Å². The zero-order valence-electron chi connectivity index (χ0n) is 14.0. The van der Waals surface area contributed by atoms with Crippen molar-refractivity contribution in [2.75, 3.05) is 6.54 Å². The Morgan fingerprint density at radius 3 is 2.13 bits per heavy atom. The van der Waals surface area contributed by atoms with E-state index in [1.165, 1.54) is 0 Å². The van der Waals surface area contributed by atoms with Gasteiger partial charge in [-0.1, -0.05) is 63.2 Å². The molecule has 0 aliphatic carbocycles. The van der Waals surface area contributed by atoms with Crippen LogP contribution in [0.2, 0.25) is 0 Å². The van der Waals surface area contributed by atoms with Gasteiger partial charge in [0.2, 0.25) is 10.0 Å². The minimum atomic E-state index is -3.45. The number of hydrogen-bond donors (Lipinski definition) is 1. The summed E-state index contributed by atoms with van der Waals surface area (Å²) >= 11 is 0. The standard InChI is InChI=1S/C19H25NO2S/c1-4-19(2,3)17-10-12-18(13-11-17)23(21,22)20-15-14-16-8-6-5-7-9-16/h5-13,20H,4,14-15H2,1-3H3. The van der Waals surface area contributed by atoms with Gasteiger partial charge in [-0.15, -0.1) is 0 Å². The van der Waals surface area contributed by atoms with Crippen molar-refractivity contribution >= 4 is 10.0 Å². The van der Waals surface area contributed by atoms with Gasteiger partial charge in [0.15, 0.2) is 0 Å². The van der Waals surface area contributed by atoms with Crippen molar-refractivity contribution in [3.8, 4) is 0 Å². The Kier molecular flexibility index (Phi) is 5.60. The summed E-state index contributed by atoms with van der Waals surface area (Å²) in [6.07, 6.45) is 1.69. The van der Waals surface area contributed by atoms with Crippen LogP contribution < -0.4 is 4.72 Å². The van der Waals surface area contributed by atoms with E-state index in [1.54, 1.807) is 12.1 Å². The monoisotopic (exact) mass is 331 g/mol. The van der Waals surface area contributed by atoms with E-state index in [9.17, 15) is 8.42 Å². The highest BCUT2D eigenvalue weighted by molar-refractivity contribution is 7.89. The first kappa shape index (κ1) is 17.7. The predicted octanol–water partition coefficient (Wildman–Crippen LogP) is 3.90. The number of sulfonamides is 1. The molecule has 0 aromatic heterocycles. The van der Waals surface area contributed by atoms with Crippen LogP contribution in [0.4, 0.5) is 0 Å². The second kappa shape index (κ2) is 7.28. The summed E-state index contributed by atoms with van der Waals surface area (Å²) in [5, 5.41) is 0. The third-order valence-electron chi connectivity index (χ3n) is 4.38. The lowest BCUT2D eigenvalue weighted by molar-refractivity contribution is 0.505. The summed E-state index contributed by atoms with van der Waals surface area (Å²) in [5.74, 6) is 0. The first-order valence-corrected chi connectivity index (χ1v) is 9.47. The molecule has 0 atom stereocenters. The van der Waals surface area contributed by atoms with Crippen molar-refractivity contribution < 1.29 is 8.42 Å². The lowest BCUT2D eigenvalue weighted by Crippen LogP contribution is -2.26. The van der Waals surface area contributed by atoms with E-state index in [0.29, 0.717) is 17.9 Å². The van der Waals surface area contributed by atoms with Crippen molar-refractivity contribution in [2.24, 2.45) is 0 Å². The fourth-order valence-corrected chi connectivity index (χ4v) is 3.38. The summed E-state index contributed by atoms with van der Waals surface area (Å²) in [7, 11) is -3.45. The topological polar surface area (TPSA) is 46.2 Å². The summed E-state index contributed by atoms with van der Waals surface area (Å²) < 4.78 is 27.4. The molecule has 2 aromatic rings. The van der Waals surface area contributed by atoms with E-state index in [2.05, 4.69) is 25.5 Å². The second-order valence-electron chi connectivity index (χ2n) is 6.40. The molecule has 0 unspecified atom stereocenters. The van der Waals surface area contributed by atoms with E-state index < -0.39 is 10.0 Å². The summed E-state index contributed by atoms with van der Waals surface area (Å²) in [5.41, 5.74) is 2.33. The summed E-state index contributed by atoms with van der Waals surface area (Å²) in [4.78, 5) is 0.321. The average Bonchev–Trinajstić information content (AvgIpc) is 2.56. The van der Waals surface area contributed by atoms with Crippen molar-refractivity contribution in [1.82, 2.24) is 4.72 Å². The van der Waals surface area contributed by atoms with Crippen molar-refractivity contribution in [2.45, 2.75) is 43.9 Å². The number of benzene rings is 2. The Morgan fingerprint density at radius 2 is 1.57 bits per heavy atom. The van der Waals surface area contributed by atoms with E-state index in [1.807, 2.05) is 42.5 Å². The fraction of sp³-hybridized carbons (Fsp3) is 0.368. The highest BCUT2D eigenvalue weighted by Crippen LogP contribution is 2.27. The molecule has 0 spiro atoms. The van der Waals surface area contributed by atoms with Gasteiger partial charge in [0.05, 0.1) is 4.90 Å². The van der Waals surface area contributed by atoms with Crippen molar-refractivity contribution in [3.05, 3.63) is 65.7 Å². The molecule has 0 amide bonds. The Morgan fingerprint density at radius 1 is 0.957 bits per heavy atom. The molecule has 124 valence electrons. The number of hydrogen-bond acceptors (Lipinski definition) is 2. The maximum Gasteiger partial charge on any atom is 0.240 e. The zero-order valence-corrected chi connectivity index (χ0v) is 14.9. The summed E-state index contributed by atoms with van der Waals surface area (Å²) in [6, 6.07) is 17.1. The quantitative estimate of drug-likeness (QED) is 0.836. The van der Waals surface area contributed by atoms with Crippen LogP contribution in [0.5, 0.6) is 0 Å². The highest BCUT2D eigenvalue weighted by Gasteiger charge is 2.19. The van der Waals surface area contributed by atoms with Crippen LogP contribution in [0.15, 0.2) is 59.5 Å². The van der Waals surface area contributed by atoms with Gasteiger partial charge in [0.25, 0.3) is 0 Å². The summed E-state index contributed by atoms with van der Waals surface area (Å²) in [6.45, 7) is 6.85. The van der Waals surface area contributed by atoms with Gasteiger partial charge in [-0.3, -0.25) is 0 Å². The fourth-order valence-electron chi connectivity index (χ4n) is 2.35. The van der Waals surface area contributed by atoms with Crippen LogP contribution in [0.1, 0.15) is 38.3 Å². The van der Waals surface area contributed by atoms with Gasteiger partial charge >= 0.3 is 0 Å². The molecule has 0 saturated heterocycles. The smallest absolute Gasteiger partial charge is 0.211 e. The average molecular weight is 331 g/mol. The molecule has 0 bridgehead atoms. The van der Waals surface area contributed by atoms with E-state index in [0.717, 1.165) is 17.5 Å². The Bertz CT molecular complexity index is 720. The molecule has 2 aromatic carbocycles. The molecule has 0 heterocycles. The molecular weight excluding hydrogens is 306 g/mol. The van der Waals surface area contributed by atoms with Gasteiger partial charge in [0.1, 0.15) is 0 Å². The van der Waals surface area contributed by atoms with E-state index in [-0.39, 0.29) is 5.41 Å². The largest absolute Gasteiger partial charge is 0.240 e. The van der Waals surface area contributed by atoms with Crippen LogP contribution in [0.25, 0.3) is 0 Å². The minimum Gasteiger partial charge on any atom is -0.211 e. The van der Waals surface area contributed by atoms with Crippen molar-refractivity contribution in [3.63, 3.8) is 0 Å². The second-order valence-corrected chi connectivity index (χ2v) is 8.16. The van der Waals surface area contributed by atoms with Gasteiger partial charge in [-0.05, 0) is 41.5 Å². The first-order chi connectivity index (χ1) is 10.8. The first-order valence-electron chi connectivity index (χ1n) is 7.99. The van der Waals surface area contributed by atoms with Gasteiger partial charge in [0, 0.05) is 6.54 Å². The Hall–Kier alpha value is -1.65. The third-order valence-corrected chi connectivity index (χ3v) is 5.86. The predicted molar refractivity (Wildman–Crippen MR) is 95.1 cm³/mol. The van der Waals surface area contributed by atoms with Crippen LogP contribution in [0.3, 0.4) is 0 Å². The molecule has 23 heavy (non-hydrogen) atoms. The molecule has 0 saturated carbocycles. The molecule has 0 fully saturated rings. The molecule has 3 nitrogen and oxygen atoms in total. The van der Waals surface area contributed by atoms with Crippen LogP contribution in [-0.4, -0.2) is 15.0 Å². The van der Waals surface area contributed by atoms with Crippen molar-refractivity contribution in [1.29, 1.82) is 0 Å². The van der Waals surface area contributed by atoms with Gasteiger partial charge in [-0.25, -0.2) is 13.1 Å². The van der Waals surface area contributed by atoms with E-state index >= 15 is 0 Å². The molecule has 0 radical (unpaired) electrons. The molecule has 4 heteroatoms. The number of rotatable bonds is 7. The third kappa shape index (κ3) is 4.66. The normalized spacial score (nSPS) is 12.3. The Labute approximate surface area is 139 Å². The SMILES string of the molecule is CCC(C)(C)c1ccc(S(=O)(=O)NCCc2ccccc2)cc1. The molecule has 1 N–H and O–H groups in total. The minimum absolute atomic E-state index is 0.0586. The molecule has 0 aliphatic rings. The van der Waals surface area contributed by atoms with E-state index in [4.69, 9.17) is 0 Å². The maximum absolute atomic E-state index is 12.3. The molecule has 2 rings (SSSR count). The number of nitrogens with one attached hydrogen (secondary N) is 1.